The molecule has 5 heteroatoms. The van der Waals surface area contributed by atoms with E-state index < -0.39 is 0 Å². The SMILES string of the molecule is COc1cc(Br)cc(NC(=O)/C=C/c2cccc(N)c2)c1. The molecule has 21 heavy (non-hydrogen) atoms. The predicted octanol–water partition coefficient (Wildman–Crippen LogP) is 3.69. The third-order valence-electron chi connectivity index (χ3n) is 2.71. The van der Waals surface area contributed by atoms with E-state index in [0.717, 1.165) is 10.0 Å². The van der Waals surface area contributed by atoms with Gasteiger partial charge in [-0.2, -0.15) is 0 Å². The first-order valence-corrected chi connectivity index (χ1v) is 7.05. The number of halogens is 1. The van der Waals surface area contributed by atoms with Crippen molar-refractivity contribution in [3.05, 3.63) is 58.6 Å². The smallest absolute Gasteiger partial charge is 0.248 e. The van der Waals surface area contributed by atoms with E-state index in [1.54, 1.807) is 37.5 Å². The van der Waals surface area contributed by atoms with Crippen LogP contribution in [0.2, 0.25) is 0 Å². The molecule has 0 aliphatic carbocycles. The molecule has 2 aromatic carbocycles. The van der Waals surface area contributed by atoms with Crippen molar-refractivity contribution in [1.82, 2.24) is 0 Å². The Morgan fingerprint density at radius 3 is 2.81 bits per heavy atom. The van der Waals surface area contributed by atoms with Gasteiger partial charge in [-0.25, -0.2) is 0 Å². The van der Waals surface area contributed by atoms with Crippen molar-refractivity contribution >= 4 is 39.3 Å². The van der Waals surface area contributed by atoms with Gasteiger partial charge in [0.1, 0.15) is 5.75 Å². The van der Waals surface area contributed by atoms with E-state index in [1.807, 2.05) is 18.2 Å². The molecular weight excluding hydrogens is 332 g/mol. The quantitative estimate of drug-likeness (QED) is 0.655. The summed E-state index contributed by atoms with van der Waals surface area (Å²) in [5.74, 6) is 0.442. The highest BCUT2D eigenvalue weighted by atomic mass is 79.9. The van der Waals surface area contributed by atoms with E-state index in [2.05, 4.69) is 21.2 Å². The summed E-state index contributed by atoms with van der Waals surface area (Å²) in [6.45, 7) is 0. The molecule has 0 heterocycles. The van der Waals surface area contributed by atoms with Crippen LogP contribution in [0.25, 0.3) is 6.08 Å². The summed E-state index contributed by atoms with van der Waals surface area (Å²) in [6, 6.07) is 12.7. The van der Waals surface area contributed by atoms with E-state index in [-0.39, 0.29) is 5.91 Å². The monoisotopic (exact) mass is 346 g/mol. The second-order valence-electron chi connectivity index (χ2n) is 4.37. The molecule has 3 N–H and O–H groups in total. The Balaban J connectivity index is 2.06. The van der Waals surface area contributed by atoms with Gasteiger partial charge in [0.05, 0.1) is 7.11 Å². The summed E-state index contributed by atoms with van der Waals surface area (Å²) < 4.78 is 5.98. The summed E-state index contributed by atoms with van der Waals surface area (Å²) in [5, 5.41) is 2.78. The molecule has 0 fully saturated rings. The minimum atomic E-state index is -0.224. The van der Waals surface area contributed by atoms with Crippen LogP contribution in [0.5, 0.6) is 5.75 Å². The van der Waals surface area contributed by atoms with Crippen molar-refractivity contribution in [3.63, 3.8) is 0 Å². The first-order chi connectivity index (χ1) is 10.1. The Kier molecular flexibility index (Phi) is 5.00. The first-order valence-electron chi connectivity index (χ1n) is 6.26. The molecule has 0 atom stereocenters. The lowest BCUT2D eigenvalue weighted by Gasteiger charge is -2.06. The van der Waals surface area contributed by atoms with Gasteiger partial charge in [0, 0.05) is 28.0 Å². The Morgan fingerprint density at radius 2 is 2.10 bits per heavy atom. The van der Waals surface area contributed by atoms with E-state index in [9.17, 15) is 4.79 Å². The highest BCUT2D eigenvalue weighted by Gasteiger charge is 2.02. The Morgan fingerprint density at radius 1 is 1.29 bits per heavy atom. The molecule has 108 valence electrons. The fourth-order valence-electron chi connectivity index (χ4n) is 1.77. The maximum Gasteiger partial charge on any atom is 0.248 e. The molecule has 2 rings (SSSR count). The average molecular weight is 347 g/mol. The van der Waals surface area contributed by atoms with Gasteiger partial charge in [0.25, 0.3) is 0 Å². The van der Waals surface area contributed by atoms with Crippen LogP contribution in [-0.2, 0) is 4.79 Å². The number of ether oxygens (including phenoxy) is 1. The number of anilines is 2. The van der Waals surface area contributed by atoms with Crippen LogP contribution in [0, 0.1) is 0 Å². The number of methoxy groups -OCH3 is 1. The van der Waals surface area contributed by atoms with E-state index in [4.69, 9.17) is 10.5 Å². The van der Waals surface area contributed by atoms with Crippen molar-refractivity contribution < 1.29 is 9.53 Å². The number of hydrogen-bond donors (Lipinski definition) is 2. The number of hydrogen-bond acceptors (Lipinski definition) is 3. The Labute approximate surface area is 131 Å². The van der Waals surface area contributed by atoms with Crippen molar-refractivity contribution in [2.45, 2.75) is 0 Å². The van der Waals surface area contributed by atoms with Crippen molar-refractivity contribution in [1.29, 1.82) is 0 Å². The number of nitrogens with one attached hydrogen (secondary N) is 1. The minimum absolute atomic E-state index is 0.224. The Bertz CT molecular complexity index is 684. The molecule has 4 nitrogen and oxygen atoms in total. The summed E-state index contributed by atoms with van der Waals surface area (Å²) >= 11 is 3.36. The Hall–Kier alpha value is -2.27. The largest absolute Gasteiger partial charge is 0.497 e. The lowest BCUT2D eigenvalue weighted by atomic mass is 10.2. The summed E-state index contributed by atoms with van der Waals surface area (Å²) in [6.07, 6.45) is 3.17. The van der Waals surface area contributed by atoms with E-state index >= 15 is 0 Å². The third kappa shape index (κ3) is 4.65. The van der Waals surface area contributed by atoms with Gasteiger partial charge in [-0.3, -0.25) is 4.79 Å². The molecule has 0 aliphatic rings. The van der Waals surface area contributed by atoms with Gasteiger partial charge in [-0.05, 0) is 35.9 Å². The molecule has 0 radical (unpaired) electrons. The summed E-state index contributed by atoms with van der Waals surface area (Å²) in [4.78, 5) is 11.9. The normalized spacial score (nSPS) is 10.6. The zero-order chi connectivity index (χ0) is 15.2. The van der Waals surface area contributed by atoms with Gasteiger partial charge in [-0.15, -0.1) is 0 Å². The van der Waals surface area contributed by atoms with Gasteiger partial charge in [-0.1, -0.05) is 28.1 Å². The van der Waals surface area contributed by atoms with Gasteiger partial charge < -0.3 is 15.8 Å². The lowest BCUT2D eigenvalue weighted by molar-refractivity contribution is -0.111. The van der Waals surface area contributed by atoms with Crippen molar-refractivity contribution in [3.8, 4) is 5.75 Å². The van der Waals surface area contributed by atoms with Crippen LogP contribution in [0.4, 0.5) is 11.4 Å². The number of amides is 1. The van der Waals surface area contributed by atoms with Gasteiger partial charge in [0.2, 0.25) is 5.91 Å². The van der Waals surface area contributed by atoms with E-state index in [1.165, 1.54) is 6.08 Å². The molecule has 2 aromatic rings. The topological polar surface area (TPSA) is 64.3 Å². The minimum Gasteiger partial charge on any atom is -0.497 e. The van der Waals surface area contributed by atoms with Gasteiger partial charge >= 0.3 is 0 Å². The predicted molar refractivity (Wildman–Crippen MR) is 89.2 cm³/mol. The zero-order valence-corrected chi connectivity index (χ0v) is 13.1. The fraction of sp³-hybridized carbons (Fsp3) is 0.0625. The van der Waals surface area contributed by atoms with Crippen LogP contribution in [0.1, 0.15) is 5.56 Å². The summed E-state index contributed by atoms with van der Waals surface area (Å²) in [7, 11) is 1.58. The second-order valence-corrected chi connectivity index (χ2v) is 5.29. The molecule has 0 unspecified atom stereocenters. The fourth-order valence-corrected chi connectivity index (χ4v) is 2.24. The number of carbonyl (C=O) groups is 1. The zero-order valence-electron chi connectivity index (χ0n) is 11.5. The van der Waals surface area contributed by atoms with Crippen LogP contribution >= 0.6 is 15.9 Å². The molecule has 0 saturated heterocycles. The molecule has 0 aromatic heterocycles. The first kappa shape index (κ1) is 15.1. The molecule has 1 amide bonds. The average Bonchev–Trinajstić information content (AvgIpc) is 2.44. The summed E-state index contributed by atoms with van der Waals surface area (Å²) in [5.41, 5.74) is 7.87. The number of carbonyl (C=O) groups excluding carboxylic acids is 1. The van der Waals surface area contributed by atoms with Crippen molar-refractivity contribution in [2.24, 2.45) is 0 Å². The maximum absolute atomic E-state index is 11.9. The number of nitrogens with two attached hydrogens (primary N) is 1. The van der Waals surface area contributed by atoms with E-state index in [0.29, 0.717) is 17.1 Å². The number of rotatable bonds is 4. The van der Waals surface area contributed by atoms with Crippen LogP contribution < -0.4 is 15.8 Å². The standard InChI is InChI=1S/C16H15BrN2O2/c1-21-15-9-12(17)8-14(10-15)19-16(20)6-5-11-3-2-4-13(18)7-11/h2-10H,18H2,1H3,(H,19,20)/b6-5+. The maximum atomic E-state index is 11.9. The number of benzene rings is 2. The molecule has 0 spiro atoms. The van der Waals surface area contributed by atoms with Crippen molar-refractivity contribution in [2.75, 3.05) is 18.2 Å². The third-order valence-corrected chi connectivity index (χ3v) is 3.17. The molecule has 0 aliphatic heterocycles. The van der Waals surface area contributed by atoms with Crippen LogP contribution in [-0.4, -0.2) is 13.0 Å². The molecular formula is C16H15BrN2O2. The molecule has 0 bridgehead atoms. The number of nitrogen functional groups attached to an aromatic ring is 1. The van der Waals surface area contributed by atoms with Gasteiger partial charge in [0.15, 0.2) is 0 Å². The second kappa shape index (κ2) is 6.95. The highest BCUT2D eigenvalue weighted by molar-refractivity contribution is 9.10. The lowest BCUT2D eigenvalue weighted by Crippen LogP contribution is -2.07. The molecule has 0 saturated carbocycles. The highest BCUT2D eigenvalue weighted by Crippen LogP contribution is 2.24. The van der Waals surface area contributed by atoms with Crippen LogP contribution in [0.15, 0.2) is 53.0 Å². The van der Waals surface area contributed by atoms with Crippen LogP contribution in [0.3, 0.4) is 0 Å².